The van der Waals surface area contributed by atoms with Crippen LogP contribution in [0.3, 0.4) is 0 Å². The van der Waals surface area contributed by atoms with Crippen molar-refractivity contribution in [2.24, 2.45) is 0 Å². The number of sulfonamides is 1. The van der Waals surface area contributed by atoms with Gasteiger partial charge in [0.1, 0.15) is 0 Å². The summed E-state index contributed by atoms with van der Waals surface area (Å²) in [6, 6.07) is 2.31. The molecule has 1 N–H and O–H groups in total. The molecule has 1 saturated heterocycles. The first-order valence-corrected chi connectivity index (χ1v) is 11.4. The van der Waals surface area contributed by atoms with Crippen molar-refractivity contribution in [2.45, 2.75) is 30.3 Å². The highest BCUT2D eigenvalue weighted by Gasteiger charge is 2.35. The van der Waals surface area contributed by atoms with Gasteiger partial charge in [0.05, 0.1) is 32.5 Å². The highest BCUT2D eigenvalue weighted by molar-refractivity contribution is 7.91. The number of rotatable bonds is 5. The van der Waals surface area contributed by atoms with Crippen LogP contribution in [0, 0.1) is 0 Å². The summed E-state index contributed by atoms with van der Waals surface area (Å²) in [5.41, 5.74) is 0. The molecule has 0 bridgehead atoms. The molecule has 25 heavy (non-hydrogen) atoms. The Morgan fingerprint density at radius 1 is 1.32 bits per heavy atom. The maximum Gasteiger partial charge on any atom is 0.241 e. The molecule has 0 aromatic heterocycles. The van der Waals surface area contributed by atoms with E-state index in [1.54, 1.807) is 0 Å². The zero-order chi connectivity index (χ0) is 19.0. The average Bonchev–Trinajstić information content (AvgIpc) is 2.88. The van der Waals surface area contributed by atoms with Gasteiger partial charge in [-0.1, -0.05) is 23.2 Å². The molecule has 1 aromatic rings. The Morgan fingerprint density at radius 2 is 1.96 bits per heavy atom. The van der Waals surface area contributed by atoms with Gasteiger partial charge in [-0.15, -0.1) is 0 Å². The largest absolute Gasteiger partial charge is 0.340 e. The van der Waals surface area contributed by atoms with Crippen molar-refractivity contribution in [3.05, 3.63) is 28.2 Å². The smallest absolute Gasteiger partial charge is 0.241 e. The standard InChI is InChI=1S/C14H18Cl2N2O5S2/c1-9(14(19)18(2)10-5-6-24(20,21)8-10)17-25(22,23)11-3-4-12(15)13(16)7-11/h3-4,7,9-10,17H,5-6,8H2,1-2H3/t9-,10-/m0/s1. The van der Waals surface area contributed by atoms with E-state index in [2.05, 4.69) is 4.72 Å². The van der Waals surface area contributed by atoms with E-state index in [1.807, 2.05) is 0 Å². The van der Waals surface area contributed by atoms with E-state index in [1.165, 1.54) is 37.1 Å². The lowest BCUT2D eigenvalue weighted by Crippen LogP contribution is -2.49. The van der Waals surface area contributed by atoms with Crippen molar-refractivity contribution in [1.82, 2.24) is 9.62 Å². The molecule has 11 heteroatoms. The monoisotopic (exact) mass is 428 g/mol. The maximum atomic E-state index is 12.4. The Balaban J connectivity index is 2.10. The van der Waals surface area contributed by atoms with E-state index in [4.69, 9.17) is 23.2 Å². The van der Waals surface area contributed by atoms with Crippen LogP contribution in [-0.4, -0.2) is 58.3 Å². The van der Waals surface area contributed by atoms with Crippen molar-refractivity contribution < 1.29 is 21.6 Å². The predicted molar refractivity (Wildman–Crippen MR) is 96.1 cm³/mol. The lowest BCUT2D eigenvalue weighted by atomic mass is 10.2. The van der Waals surface area contributed by atoms with Crippen LogP contribution in [0.2, 0.25) is 10.0 Å². The van der Waals surface area contributed by atoms with Gasteiger partial charge in [0.25, 0.3) is 0 Å². The first kappa shape index (κ1) is 20.4. The minimum atomic E-state index is -3.98. The van der Waals surface area contributed by atoms with Crippen LogP contribution < -0.4 is 4.72 Å². The highest BCUT2D eigenvalue weighted by atomic mass is 35.5. The molecule has 2 rings (SSSR count). The second kappa shape index (κ2) is 7.40. The highest BCUT2D eigenvalue weighted by Crippen LogP contribution is 2.25. The number of nitrogens with zero attached hydrogens (tertiary/aromatic N) is 1. The number of halogens is 2. The molecule has 1 aliphatic heterocycles. The normalized spacial score (nSPS) is 21.0. The number of carbonyl (C=O) groups is 1. The van der Waals surface area contributed by atoms with Crippen molar-refractivity contribution in [1.29, 1.82) is 0 Å². The molecule has 7 nitrogen and oxygen atoms in total. The topological polar surface area (TPSA) is 101 Å². The minimum Gasteiger partial charge on any atom is -0.340 e. The van der Waals surface area contributed by atoms with Crippen LogP contribution in [0.25, 0.3) is 0 Å². The molecule has 140 valence electrons. The Bertz CT molecular complexity index is 886. The zero-order valence-electron chi connectivity index (χ0n) is 13.6. The van der Waals surface area contributed by atoms with Crippen molar-refractivity contribution in [3.63, 3.8) is 0 Å². The van der Waals surface area contributed by atoms with Gasteiger partial charge in [-0.05, 0) is 31.5 Å². The van der Waals surface area contributed by atoms with E-state index < -0.39 is 37.9 Å². The quantitative estimate of drug-likeness (QED) is 0.761. The molecular weight excluding hydrogens is 411 g/mol. The van der Waals surface area contributed by atoms with Gasteiger partial charge < -0.3 is 4.90 Å². The van der Waals surface area contributed by atoms with E-state index in [-0.39, 0.29) is 26.4 Å². The predicted octanol–water partition coefficient (Wildman–Crippen LogP) is 1.31. The SMILES string of the molecule is C[C@H](NS(=O)(=O)c1ccc(Cl)c(Cl)c1)C(=O)N(C)[C@H]1CCS(=O)(=O)C1. The van der Waals surface area contributed by atoms with Crippen LogP contribution in [0.15, 0.2) is 23.1 Å². The Hall–Kier alpha value is -0.870. The number of likely N-dealkylation sites (N-methyl/N-ethyl adjacent to an activating group) is 1. The number of benzene rings is 1. The summed E-state index contributed by atoms with van der Waals surface area (Å²) in [7, 11) is -5.66. The number of amides is 1. The van der Waals surface area contributed by atoms with Crippen LogP contribution in [-0.2, 0) is 24.7 Å². The summed E-state index contributed by atoms with van der Waals surface area (Å²) in [5, 5.41) is 0.295. The van der Waals surface area contributed by atoms with E-state index in [0.717, 1.165) is 0 Å². The molecule has 0 saturated carbocycles. The molecule has 1 aliphatic rings. The van der Waals surface area contributed by atoms with Gasteiger partial charge in [0, 0.05) is 13.1 Å². The third-order valence-corrected chi connectivity index (χ3v) is 8.04. The third kappa shape index (κ3) is 4.85. The second-order valence-corrected chi connectivity index (χ2v) is 10.7. The number of hydrogen-bond donors (Lipinski definition) is 1. The third-order valence-electron chi connectivity index (χ3n) is 4.01. The van der Waals surface area contributed by atoms with Gasteiger partial charge in [0.2, 0.25) is 15.9 Å². The summed E-state index contributed by atoms with van der Waals surface area (Å²) in [6.45, 7) is 1.40. The number of carbonyl (C=O) groups excluding carboxylic acids is 1. The Labute approximate surface area is 157 Å². The fourth-order valence-electron chi connectivity index (χ4n) is 2.56. The van der Waals surface area contributed by atoms with Gasteiger partial charge in [-0.2, -0.15) is 4.72 Å². The van der Waals surface area contributed by atoms with Gasteiger partial charge in [-0.3, -0.25) is 4.79 Å². The lowest BCUT2D eigenvalue weighted by molar-refractivity contribution is -0.132. The molecule has 0 radical (unpaired) electrons. The molecule has 0 aliphatic carbocycles. The lowest BCUT2D eigenvalue weighted by Gasteiger charge is -2.26. The fraction of sp³-hybridized carbons (Fsp3) is 0.500. The first-order chi connectivity index (χ1) is 11.4. The van der Waals surface area contributed by atoms with Crippen molar-refractivity contribution >= 4 is 49.0 Å². The fourth-order valence-corrected chi connectivity index (χ4v) is 5.92. The average molecular weight is 429 g/mol. The molecule has 1 amide bonds. The first-order valence-electron chi connectivity index (χ1n) is 7.37. The maximum absolute atomic E-state index is 12.4. The van der Waals surface area contributed by atoms with Crippen LogP contribution in [0.1, 0.15) is 13.3 Å². The van der Waals surface area contributed by atoms with Gasteiger partial charge in [-0.25, -0.2) is 16.8 Å². The summed E-state index contributed by atoms with van der Waals surface area (Å²) < 4.78 is 50.1. The number of nitrogens with one attached hydrogen (secondary N) is 1. The van der Waals surface area contributed by atoms with Crippen LogP contribution >= 0.6 is 23.2 Å². The van der Waals surface area contributed by atoms with Gasteiger partial charge in [0.15, 0.2) is 9.84 Å². The van der Waals surface area contributed by atoms with Crippen LogP contribution in [0.4, 0.5) is 0 Å². The van der Waals surface area contributed by atoms with Gasteiger partial charge >= 0.3 is 0 Å². The number of hydrogen-bond acceptors (Lipinski definition) is 5. The van der Waals surface area contributed by atoms with Crippen molar-refractivity contribution in [2.75, 3.05) is 18.6 Å². The Kier molecular flexibility index (Phi) is 6.05. The molecule has 0 spiro atoms. The molecule has 0 unspecified atom stereocenters. The summed E-state index contributed by atoms with van der Waals surface area (Å²) in [6.07, 6.45) is 0.344. The molecule has 1 heterocycles. The molecular formula is C14H18Cl2N2O5S2. The van der Waals surface area contributed by atoms with E-state index >= 15 is 0 Å². The summed E-state index contributed by atoms with van der Waals surface area (Å²) >= 11 is 11.6. The Morgan fingerprint density at radius 3 is 2.48 bits per heavy atom. The summed E-state index contributed by atoms with van der Waals surface area (Å²) in [4.78, 5) is 13.6. The van der Waals surface area contributed by atoms with Crippen LogP contribution in [0.5, 0.6) is 0 Å². The minimum absolute atomic E-state index is 0.0265. The summed E-state index contributed by atoms with van der Waals surface area (Å²) in [5.74, 6) is -0.592. The molecule has 2 atom stereocenters. The molecule has 1 fully saturated rings. The second-order valence-electron chi connectivity index (χ2n) is 5.92. The zero-order valence-corrected chi connectivity index (χ0v) is 16.7. The molecule has 1 aromatic carbocycles. The van der Waals surface area contributed by atoms with E-state index in [0.29, 0.717) is 6.42 Å². The number of sulfone groups is 1. The van der Waals surface area contributed by atoms with E-state index in [9.17, 15) is 21.6 Å². The van der Waals surface area contributed by atoms with Crippen molar-refractivity contribution in [3.8, 4) is 0 Å².